The fourth-order valence-electron chi connectivity index (χ4n) is 1.21. The van der Waals surface area contributed by atoms with Crippen molar-refractivity contribution in [2.75, 3.05) is 0 Å². The van der Waals surface area contributed by atoms with E-state index < -0.39 is 17.5 Å². The summed E-state index contributed by atoms with van der Waals surface area (Å²) in [6.07, 6.45) is -2.89. The molecule has 0 bridgehead atoms. The smallest absolute Gasteiger partial charge is 0.269 e. The summed E-state index contributed by atoms with van der Waals surface area (Å²) in [7, 11) is 0. The number of aromatic amines is 1. The Bertz CT molecular complexity index is 448. The fourth-order valence-corrected chi connectivity index (χ4v) is 1.21. The number of nitrogens with two attached hydrogens (primary N) is 1. The Morgan fingerprint density at radius 2 is 2.27 bits per heavy atom. The summed E-state index contributed by atoms with van der Waals surface area (Å²) in [4.78, 5) is 13.4. The second kappa shape index (κ2) is 4.66. The normalized spacial score (nSPS) is 10.3. The lowest BCUT2D eigenvalue weighted by Gasteiger charge is -2.06. The molecule has 6 heteroatoms. The maximum Gasteiger partial charge on any atom is 0.269 e. The molecule has 0 spiro atoms. The summed E-state index contributed by atoms with van der Waals surface area (Å²) in [5.74, 6) is 0. The molecule has 0 aliphatic carbocycles. The number of rotatable bonds is 3. The average Bonchev–Trinajstić information content (AvgIpc) is 2.18. The number of hydrogen-bond donors (Lipinski definition) is 2. The van der Waals surface area contributed by atoms with Crippen molar-refractivity contribution in [2.45, 2.75) is 19.4 Å². The first-order valence-corrected chi connectivity index (χ1v) is 4.20. The van der Waals surface area contributed by atoms with E-state index in [-0.39, 0.29) is 13.0 Å². The third kappa shape index (κ3) is 2.39. The van der Waals surface area contributed by atoms with Gasteiger partial charge in [0.1, 0.15) is 0 Å². The molecule has 1 rings (SSSR count). The molecule has 3 N–H and O–H groups in total. The van der Waals surface area contributed by atoms with Gasteiger partial charge in [-0.15, -0.1) is 0 Å². The van der Waals surface area contributed by atoms with Gasteiger partial charge in [0, 0.05) is 12.2 Å². The van der Waals surface area contributed by atoms with Crippen LogP contribution in [0.1, 0.15) is 23.2 Å². The van der Waals surface area contributed by atoms with Crippen LogP contribution < -0.4 is 11.3 Å². The average molecular weight is 213 g/mol. The van der Waals surface area contributed by atoms with Gasteiger partial charge in [-0.1, -0.05) is 0 Å². The predicted octanol–water partition coefficient (Wildman–Crippen LogP) is 0.837. The van der Waals surface area contributed by atoms with Crippen LogP contribution in [-0.2, 0) is 13.0 Å². The van der Waals surface area contributed by atoms with Gasteiger partial charge in [-0.25, -0.2) is 8.78 Å². The van der Waals surface area contributed by atoms with Crippen LogP contribution in [0.4, 0.5) is 8.78 Å². The molecule has 0 atom stereocenters. The molecule has 0 fully saturated rings. The van der Waals surface area contributed by atoms with Crippen LogP contribution in [0.3, 0.4) is 0 Å². The van der Waals surface area contributed by atoms with E-state index in [0.29, 0.717) is 11.3 Å². The van der Waals surface area contributed by atoms with E-state index in [2.05, 4.69) is 4.98 Å². The van der Waals surface area contributed by atoms with Crippen molar-refractivity contribution >= 4 is 0 Å². The summed E-state index contributed by atoms with van der Waals surface area (Å²) < 4.78 is 24.7. The van der Waals surface area contributed by atoms with Crippen LogP contribution in [0, 0.1) is 11.3 Å². The molecule has 0 aliphatic rings. The molecule has 1 aromatic heterocycles. The minimum absolute atomic E-state index is 0.00745. The largest absolute Gasteiger partial charge is 0.326 e. The van der Waals surface area contributed by atoms with E-state index in [4.69, 9.17) is 11.0 Å². The van der Waals surface area contributed by atoms with E-state index in [1.165, 1.54) is 0 Å². The third-order valence-corrected chi connectivity index (χ3v) is 1.95. The number of hydrogen-bond acceptors (Lipinski definition) is 3. The zero-order chi connectivity index (χ0) is 11.4. The molecule has 0 aromatic carbocycles. The van der Waals surface area contributed by atoms with Gasteiger partial charge in [-0.3, -0.25) is 4.79 Å². The first-order chi connectivity index (χ1) is 7.10. The van der Waals surface area contributed by atoms with E-state index in [9.17, 15) is 13.6 Å². The summed E-state index contributed by atoms with van der Waals surface area (Å²) >= 11 is 0. The summed E-state index contributed by atoms with van der Waals surface area (Å²) in [5.41, 5.74) is 4.51. The lowest BCUT2D eigenvalue weighted by atomic mass is 10.1. The first kappa shape index (κ1) is 11.3. The Kier molecular flexibility index (Phi) is 3.52. The molecule has 1 heterocycles. The highest BCUT2D eigenvalue weighted by Crippen LogP contribution is 2.16. The Morgan fingerprint density at radius 1 is 1.60 bits per heavy atom. The zero-order valence-electron chi connectivity index (χ0n) is 7.76. The number of nitriles is 1. The molecule has 0 saturated carbocycles. The van der Waals surface area contributed by atoms with Crippen LogP contribution in [0.25, 0.3) is 0 Å². The van der Waals surface area contributed by atoms with Gasteiger partial charge in [-0.05, 0) is 11.6 Å². The molecule has 1 aromatic rings. The monoisotopic (exact) mass is 213 g/mol. The molecule has 0 saturated heterocycles. The maximum absolute atomic E-state index is 12.3. The summed E-state index contributed by atoms with van der Waals surface area (Å²) in [6, 6.07) is 2.87. The molecular formula is C9H9F2N3O. The fraction of sp³-hybridized carbons (Fsp3) is 0.333. The van der Waals surface area contributed by atoms with Gasteiger partial charge in [0.2, 0.25) is 0 Å². The maximum atomic E-state index is 12.3. The molecular weight excluding hydrogens is 204 g/mol. The van der Waals surface area contributed by atoms with Crippen LogP contribution in [0.2, 0.25) is 0 Å². The second-order valence-electron chi connectivity index (χ2n) is 2.90. The number of nitrogens with zero attached hydrogens (tertiary/aromatic N) is 1. The predicted molar refractivity (Wildman–Crippen MR) is 49.2 cm³/mol. The Balaban J connectivity index is 3.30. The molecule has 0 radical (unpaired) electrons. The van der Waals surface area contributed by atoms with E-state index in [0.717, 1.165) is 6.07 Å². The van der Waals surface area contributed by atoms with E-state index in [1.807, 2.05) is 6.07 Å². The SMILES string of the molecule is N#CCc1[nH]c(=O)c(C(F)F)cc1CN. The summed E-state index contributed by atoms with van der Waals surface area (Å²) in [5, 5.41) is 8.45. The van der Waals surface area contributed by atoms with Gasteiger partial charge in [0.05, 0.1) is 18.1 Å². The van der Waals surface area contributed by atoms with Crippen molar-refractivity contribution in [3.63, 3.8) is 0 Å². The number of aromatic nitrogens is 1. The van der Waals surface area contributed by atoms with Crippen molar-refractivity contribution in [3.05, 3.63) is 33.2 Å². The van der Waals surface area contributed by atoms with Gasteiger partial charge < -0.3 is 10.7 Å². The molecule has 0 aliphatic heterocycles. The topological polar surface area (TPSA) is 82.7 Å². The van der Waals surface area contributed by atoms with E-state index >= 15 is 0 Å². The quantitative estimate of drug-likeness (QED) is 0.780. The van der Waals surface area contributed by atoms with Gasteiger partial charge in [0.25, 0.3) is 12.0 Å². The van der Waals surface area contributed by atoms with Gasteiger partial charge in [-0.2, -0.15) is 5.26 Å². The second-order valence-corrected chi connectivity index (χ2v) is 2.90. The van der Waals surface area contributed by atoms with Crippen LogP contribution in [0.15, 0.2) is 10.9 Å². The molecule has 15 heavy (non-hydrogen) atoms. The number of pyridine rings is 1. The van der Waals surface area contributed by atoms with E-state index in [1.54, 1.807) is 0 Å². The minimum atomic E-state index is -2.84. The first-order valence-electron chi connectivity index (χ1n) is 4.20. The number of alkyl halides is 2. The highest BCUT2D eigenvalue weighted by atomic mass is 19.3. The zero-order valence-corrected chi connectivity index (χ0v) is 7.76. The third-order valence-electron chi connectivity index (χ3n) is 1.95. The minimum Gasteiger partial charge on any atom is -0.326 e. The van der Waals surface area contributed by atoms with Crippen molar-refractivity contribution in [3.8, 4) is 6.07 Å². The molecule has 4 nitrogen and oxygen atoms in total. The van der Waals surface area contributed by atoms with Crippen molar-refractivity contribution in [2.24, 2.45) is 5.73 Å². The van der Waals surface area contributed by atoms with Crippen LogP contribution in [0.5, 0.6) is 0 Å². The van der Waals surface area contributed by atoms with Crippen molar-refractivity contribution in [1.29, 1.82) is 5.26 Å². The Labute approximate surface area is 84.3 Å². The van der Waals surface area contributed by atoms with Crippen molar-refractivity contribution in [1.82, 2.24) is 4.98 Å². The lowest BCUT2D eigenvalue weighted by molar-refractivity contribution is 0.149. The molecule has 0 unspecified atom stereocenters. The lowest BCUT2D eigenvalue weighted by Crippen LogP contribution is -2.18. The number of halogens is 2. The summed E-state index contributed by atoms with van der Waals surface area (Å²) in [6.45, 7) is 0.00745. The van der Waals surface area contributed by atoms with Gasteiger partial charge in [0.15, 0.2) is 0 Å². The number of nitrogens with one attached hydrogen (secondary N) is 1. The Hall–Kier alpha value is -1.74. The van der Waals surface area contributed by atoms with Crippen molar-refractivity contribution < 1.29 is 8.78 Å². The number of H-pyrrole nitrogens is 1. The molecule has 0 amide bonds. The standard InChI is InChI=1S/C9H9F2N3O/c10-8(11)6-3-5(4-13)7(1-2-12)14-9(6)15/h3,8H,1,4,13H2,(H,14,15). The highest BCUT2D eigenvalue weighted by molar-refractivity contribution is 5.27. The highest BCUT2D eigenvalue weighted by Gasteiger charge is 2.14. The van der Waals surface area contributed by atoms with Crippen LogP contribution >= 0.6 is 0 Å². The molecule has 80 valence electrons. The van der Waals surface area contributed by atoms with Crippen LogP contribution in [-0.4, -0.2) is 4.98 Å². The van der Waals surface area contributed by atoms with Gasteiger partial charge >= 0.3 is 0 Å². The Morgan fingerprint density at radius 3 is 2.73 bits per heavy atom.